The number of carbonyl (C=O) groups excluding carboxylic acids is 1. The first-order chi connectivity index (χ1) is 5.72. The second kappa shape index (κ2) is 4.21. The van der Waals surface area contributed by atoms with E-state index >= 15 is 0 Å². The molecule has 0 aromatic heterocycles. The lowest BCUT2D eigenvalue weighted by Gasteiger charge is -2.13. The van der Waals surface area contributed by atoms with Gasteiger partial charge in [-0.3, -0.25) is 9.59 Å². The van der Waals surface area contributed by atoms with Crippen LogP contribution in [0.4, 0.5) is 0 Å². The second-order valence-electron chi connectivity index (χ2n) is 4.16. The molecule has 0 aliphatic carbocycles. The normalized spacial score (nSPS) is 12.8. The summed E-state index contributed by atoms with van der Waals surface area (Å²) in [6.45, 7) is 7.17. The van der Waals surface area contributed by atoms with Gasteiger partial charge in [0.05, 0.1) is 6.42 Å². The molecular weight excluding hydrogens is 168 g/mol. The van der Waals surface area contributed by atoms with E-state index in [-0.39, 0.29) is 17.6 Å². The van der Waals surface area contributed by atoms with Crippen LogP contribution >= 0.6 is 0 Å². The fraction of sp³-hybridized carbons (Fsp3) is 0.600. The highest BCUT2D eigenvalue weighted by atomic mass is 16.4. The minimum Gasteiger partial charge on any atom is -0.481 e. The van der Waals surface area contributed by atoms with E-state index in [0.29, 0.717) is 5.57 Å². The number of aliphatic carboxylic acids is 1. The molecule has 0 aromatic rings. The molecule has 0 saturated carbocycles. The number of allylic oxidation sites excluding steroid dienone is 1. The summed E-state index contributed by atoms with van der Waals surface area (Å²) in [5.41, 5.74) is 0.219. The molecule has 0 rings (SSSR count). The van der Waals surface area contributed by atoms with Gasteiger partial charge in [-0.15, -0.1) is 0 Å². The fourth-order valence-corrected chi connectivity index (χ4v) is 0.963. The van der Waals surface area contributed by atoms with E-state index < -0.39 is 5.97 Å². The van der Waals surface area contributed by atoms with Crippen LogP contribution in [0.15, 0.2) is 11.6 Å². The van der Waals surface area contributed by atoms with Gasteiger partial charge in [-0.2, -0.15) is 0 Å². The first kappa shape index (κ1) is 11.9. The zero-order valence-corrected chi connectivity index (χ0v) is 8.55. The Hall–Kier alpha value is -1.12. The average Bonchev–Trinajstić information content (AvgIpc) is 1.81. The Kier molecular flexibility index (Phi) is 3.85. The van der Waals surface area contributed by atoms with E-state index in [1.54, 1.807) is 6.08 Å². The number of carbonyl (C=O) groups is 2. The Morgan fingerprint density at radius 2 is 1.77 bits per heavy atom. The summed E-state index contributed by atoms with van der Waals surface area (Å²) in [5.74, 6) is -1.14. The first-order valence-electron chi connectivity index (χ1n) is 4.17. The molecule has 0 aliphatic heterocycles. The van der Waals surface area contributed by atoms with Gasteiger partial charge in [-0.25, -0.2) is 0 Å². The highest BCUT2D eigenvalue weighted by Crippen LogP contribution is 2.19. The van der Waals surface area contributed by atoms with Gasteiger partial charge in [0.1, 0.15) is 0 Å². The Morgan fingerprint density at radius 1 is 1.31 bits per heavy atom. The number of ketones is 1. The maximum absolute atomic E-state index is 11.0. The molecular formula is C10H16O3. The summed E-state index contributed by atoms with van der Waals surface area (Å²) in [4.78, 5) is 21.4. The summed E-state index contributed by atoms with van der Waals surface area (Å²) in [6, 6.07) is 0. The third-order valence-corrected chi connectivity index (χ3v) is 1.40. The largest absolute Gasteiger partial charge is 0.481 e. The molecule has 0 atom stereocenters. The topological polar surface area (TPSA) is 54.4 Å². The minimum absolute atomic E-state index is 0.156. The van der Waals surface area contributed by atoms with Gasteiger partial charge in [0.25, 0.3) is 0 Å². The molecule has 0 heterocycles. The smallest absolute Gasteiger partial charge is 0.307 e. The summed E-state index contributed by atoms with van der Waals surface area (Å²) in [6.07, 6.45) is 1.52. The molecule has 0 spiro atoms. The summed E-state index contributed by atoms with van der Waals surface area (Å²) >= 11 is 0. The van der Waals surface area contributed by atoms with E-state index in [0.717, 1.165) is 0 Å². The van der Waals surface area contributed by atoms with Gasteiger partial charge in [0, 0.05) is 5.57 Å². The predicted octanol–water partition coefficient (Wildman–Crippen LogP) is 2.02. The molecule has 0 unspecified atom stereocenters. The Balaban J connectivity index is 4.71. The maximum Gasteiger partial charge on any atom is 0.307 e. The third-order valence-electron chi connectivity index (χ3n) is 1.40. The van der Waals surface area contributed by atoms with Gasteiger partial charge in [0.15, 0.2) is 5.78 Å². The van der Waals surface area contributed by atoms with Crippen molar-refractivity contribution in [1.29, 1.82) is 0 Å². The van der Waals surface area contributed by atoms with Crippen molar-refractivity contribution in [3.63, 3.8) is 0 Å². The van der Waals surface area contributed by atoms with Crippen molar-refractivity contribution < 1.29 is 14.7 Å². The van der Waals surface area contributed by atoms with Crippen LogP contribution in [0.25, 0.3) is 0 Å². The van der Waals surface area contributed by atoms with Crippen molar-refractivity contribution in [3.8, 4) is 0 Å². The Bertz CT molecular complexity index is 243. The van der Waals surface area contributed by atoms with Gasteiger partial charge in [-0.05, 0) is 12.3 Å². The average molecular weight is 184 g/mol. The highest BCUT2D eigenvalue weighted by Gasteiger charge is 2.14. The summed E-state index contributed by atoms with van der Waals surface area (Å²) in [7, 11) is 0. The van der Waals surface area contributed by atoms with Crippen molar-refractivity contribution in [3.05, 3.63) is 11.6 Å². The van der Waals surface area contributed by atoms with Crippen molar-refractivity contribution in [2.45, 2.75) is 34.1 Å². The van der Waals surface area contributed by atoms with E-state index in [1.165, 1.54) is 6.92 Å². The molecule has 74 valence electrons. The molecule has 0 amide bonds. The SMILES string of the molecule is CC(=O)/C(=C\C(C)(C)C)CC(=O)O. The molecule has 0 fully saturated rings. The number of carboxylic acids is 1. The molecule has 0 aliphatic rings. The monoisotopic (exact) mass is 184 g/mol. The van der Waals surface area contributed by atoms with Crippen molar-refractivity contribution in [2.24, 2.45) is 5.41 Å². The zero-order chi connectivity index (χ0) is 10.6. The molecule has 13 heavy (non-hydrogen) atoms. The predicted molar refractivity (Wildman–Crippen MR) is 50.5 cm³/mol. The van der Waals surface area contributed by atoms with Crippen molar-refractivity contribution in [2.75, 3.05) is 0 Å². The maximum atomic E-state index is 11.0. The third kappa shape index (κ3) is 6.08. The van der Waals surface area contributed by atoms with Gasteiger partial charge in [-0.1, -0.05) is 26.8 Å². The molecule has 0 saturated heterocycles. The van der Waals surface area contributed by atoms with Crippen LogP contribution in [-0.2, 0) is 9.59 Å². The lowest BCUT2D eigenvalue weighted by Crippen LogP contribution is -2.09. The van der Waals surface area contributed by atoms with Crippen LogP contribution in [0.5, 0.6) is 0 Å². The van der Waals surface area contributed by atoms with E-state index in [1.807, 2.05) is 20.8 Å². The number of hydrogen-bond acceptors (Lipinski definition) is 2. The molecule has 0 aromatic carbocycles. The van der Waals surface area contributed by atoms with Crippen molar-refractivity contribution >= 4 is 11.8 Å². The van der Waals surface area contributed by atoms with Gasteiger partial charge >= 0.3 is 5.97 Å². The van der Waals surface area contributed by atoms with Gasteiger partial charge < -0.3 is 5.11 Å². The first-order valence-corrected chi connectivity index (χ1v) is 4.17. The molecule has 0 radical (unpaired) electrons. The lowest BCUT2D eigenvalue weighted by atomic mass is 9.91. The highest BCUT2D eigenvalue weighted by molar-refractivity contribution is 5.97. The van der Waals surface area contributed by atoms with Crippen LogP contribution in [0.2, 0.25) is 0 Å². The number of Topliss-reactive ketones (excluding diaryl/α,β-unsaturated/α-hetero) is 1. The molecule has 1 N–H and O–H groups in total. The van der Waals surface area contributed by atoms with E-state index in [2.05, 4.69) is 0 Å². The standard InChI is InChI=1S/C10H16O3/c1-7(11)8(5-9(12)13)6-10(2,3)4/h6H,5H2,1-4H3,(H,12,13)/b8-6-. The van der Waals surface area contributed by atoms with Crippen LogP contribution in [-0.4, -0.2) is 16.9 Å². The Labute approximate surface area is 78.5 Å². The minimum atomic E-state index is -0.967. The molecule has 3 nitrogen and oxygen atoms in total. The zero-order valence-electron chi connectivity index (χ0n) is 8.55. The second-order valence-corrected chi connectivity index (χ2v) is 4.16. The lowest BCUT2D eigenvalue weighted by molar-refractivity contribution is -0.136. The van der Waals surface area contributed by atoms with E-state index in [9.17, 15) is 9.59 Å². The summed E-state index contributed by atoms with van der Waals surface area (Å²) in [5, 5.41) is 8.54. The summed E-state index contributed by atoms with van der Waals surface area (Å²) < 4.78 is 0. The van der Waals surface area contributed by atoms with Crippen LogP contribution < -0.4 is 0 Å². The number of rotatable bonds is 3. The van der Waals surface area contributed by atoms with Crippen LogP contribution in [0.3, 0.4) is 0 Å². The number of hydrogen-bond donors (Lipinski definition) is 1. The van der Waals surface area contributed by atoms with Crippen LogP contribution in [0.1, 0.15) is 34.1 Å². The quantitative estimate of drug-likeness (QED) is 0.683. The molecule has 3 heteroatoms. The van der Waals surface area contributed by atoms with Gasteiger partial charge in [0.2, 0.25) is 0 Å². The van der Waals surface area contributed by atoms with E-state index in [4.69, 9.17) is 5.11 Å². The van der Waals surface area contributed by atoms with Crippen molar-refractivity contribution in [1.82, 2.24) is 0 Å². The fourth-order valence-electron chi connectivity index (χ4n) is 0.963. The molecule has 0 bridgehead atoms. The number of carboxylic acid groups (broad SMARTS) is 1. The Morgan fingerprint density at radius 3 is 2.00 bits per heavy atom. The van der Waals surface area contributed by atoms with Crippen LogP contribution in [0, 0.1) is 5.41 Å².